The Hall–Kier alpha value is -3.77. The lowest BCUT2D eigenvalue weighted by atomic mass is 10.0. The molecule has 2 N–H and O–H groups in total. The molecule has 43 heavy (non-hydrogen) atoms. The Labute approximate surface area is 257 Å². The summed E-state index contributed by atoms with van der Waals surface area (Å²) in [6.45, 7) is 7.54. The summed E-state index contributed by atoms with van der Waals surface area (Å²) in [5.74, 6) is 1.51. The van der Waals surface area contributed by atoms with Crippen LogP contribution < -0.4 is 20.4 Å². The van der Waals surface area contributed by atoms with Crippen molar-refractivity contribution in [3.8, 4) is 17.1 Å². The normalized spacial score (nSPS) is 13.7. The number of para-hydroxylation sites is 3. The molecule has 1 aromatic heterocycles. The van der Waals surface area contributed by atoms with E-state index in [9.17, 15) is 13.2 Å². The van der Waals surface area contributed by atoms with Gasteiger partial charge in [-0.3, -0.25) is 14.2 Å². The lowest BCUT2D eigenvalue weighted by Crippen LogP contribution is -2.47. The van der Waals surface area contributed by atoms with Crippen molar-refractivity contribution in [2.24, 2.45) is 0 Å². The number of fused-ring (bicyclic) bond motifs is 1. The van der Waals surface area contributed by atoms with Gasteiger partial charge in [-0.25, -0.2) is 0 Å². The number of ether oxygens (including phenoxy) is 1. The van der Waals surface area contributed by atoms with Crippen molar-refractivity contribution >= 4 is 44.0 Å². The largest absolute Gasteiger partial charge is 0.495 e. The minimum Gasteiger partial charge on any atom is -0.495 e. The monoisotopic (exact) mass is 623 g/mol. The van der Waals surface area contributed by atoms with E-state index in [1.807, 2.05) is 61.5 Å². The van der Waals surface area contributed by atoms with Gasteiger partial charge in [0.2, 0.25) is 0 Å². The minimum atomic E-state index is -3.67. The van der Waals surface area contributed by atoms with Crippen LogP contribution in [0.3, 0.4) is 0 Å². The zero-order valence-electron chi connectivity index (χ0n) is 24.6. The number of methoxy groups -OCH3 is 1. The van der Waals surface area contributed by atoms with Gasteiger partial charge in [-0.05, 0) is 44.2 Å². The molecule has 1 aliphatic heterocycles. The smallest absolute Gasteiger partial charge is 0.261 e. The van der Waals surface area contributed by atoms with Crippen LogP contribution in [0.5, 0.6) is 5.75 Å². The molecule has 0 radical (unpaired) electrons. The molecule has 0 amide bonds. The Morgan fingerprint density at radius 1 is 1.00 bits per heavy atom. The van der Waals surface area contributed by atoms with Gasteiger partial charge in [-0.1, -0.05) is 60.7 Å². The van der Waals surface area contributed by atoms with Gasteiger partial charge in [0.05, 0.1) is 30.0 Å². The highest BCUT2D eigenvalue weighted by atomic mass is 32.2. The Morgan fingerprint density at radius 2 is 1.65 bits per heavy atom. The number of nitrogens with one attached hydrogen (secondary N) is 1. The molecule has 0 spiro atoms. The van der Waals surface area contributed by atoms with Gasteiger partial charge in [-0.15, -0.1) is 0 Å². The second-order valence-corrected chi connectivity index (χ2v) is 12.2. The summed E-state index contributed by atoms with van der Waals surface area (Å²) in [5.41, 5.74) is 3.90. The summed E-state index contributed by atoms with van der Waals surface area (Å²) in [5, 5.41) is 3.94. The Bertz CT molecular complexity index is 1710. The summed E-state index contributed by atoms with van der Waals surface area (Å²) in [7, 11) is -1.94. The zero-order valence-corrected chi connectivity index (χ0v) is 26.2. The van der Waals surface area contributed by atoms with E-state index in [0.29, 0.717) is 33.5 Å². The molecule has 0 bridgehead atoms. The summed E-state index contributed by atoms with van der Waals surface area (Å²) < 4.78 is 37.7. The molecule has 9 nitrogen and oxygen atoms in total. The summed E-state index contributed by atoms with van der Waals surface area (Å²) >= 11 is 5.74. The third-order valence-corrected chi connectivity index (χ3v) is 7.52. The molecule has 4 aromatic rings. The number of hydrogen-bond donors (Lipinski definition) is 2. The second kappa shape index (κ2) is 14.6. The van der Waals surface area contributed by atoms with Crippen LogP contribution in [0.1, 0.15) is 17.5 Å². The molecular formula is C32H37N3O6S2. The van der Waals surface area contributed by atoms with Crippen LogP contribution in [-0.4, -0.2) is 75.5 Å². The lowest BCUT2D eigenvalue weighted by molar-refractivity contribution is 0.254. The molecule has 1 fully saturated rings. The van der Waals surface area contributed by atoms with Crippen LogP contribution in [0.2, 0.25) is 0 Å². The quantitative estimate of drug-likeness (QED) is 0.162. The second-order valence-electron chi connectivity index (χ2n) is 10.3. The number of nitrogens with zero attached hydrogens (tertiary/aromatic N) is 2. The first-order chi connectivity index (χ1) is 20.6. The van der Waals surface area contributed by atoms with E-state index >= 15 is 0 Å². The maximum Gasteiger partial charge on any atom is 0.261 e. The standard InChI is InChI=1S/C31H33N3O3S.CH4O3S/c1-22-28(35)24-12-8-13-25(30(24)37-29(22)23-10-4-3-5-11-23)31(38)32-16-9-17-33-18-20-34(21-19-33)26-14-6-7-15-27(26)36-2;1-5(2,3)4/h3-8,10-15H,9,16-21H2,1-2H3,(H,32,38);1H3,(H,2,3,4). The molecule has 0 unspecified atom stereocenters. The van der Waals surface area contributed by atoms with Gasteiger partial charge < -0.3 is 19.4 Å². The maximum atomic E-state index is 13.1. The third-order valence-electron chi connectivity index (χ3n) is 7.16. The number of anilines is 1. The van der Waals surface area contributed by atoms with Crippen LogP contribution in [0, 0.1) is 6.92 Å². The first-order valence-electron chi connectivity index (χ1n) is 14.0. The fourth-order valence-electron chi connectivity index (χ4n) is 5.06. The van der Waals surface area contributed by atoms with Gasteiger partial charge in [0.1, 0.15) is 22.1 Å². The van der Waals surface area contributed by atoms with Crippen molar-refractivity contribution in [3.05, 3.63) is 94.1 Å². The number of benzene rings is 3. The Morgan fingerprint density at radius 3 is 2.33 bits per heavy atom. The summed E-state index contributed by atoms with van der Waals surface area (Å²) in [6, 6.07) is 23.5. The van der Waals surface area contributed by atoms with E-state index in [2.05, 4.69) is 27.2 Å². The van der Waals surface area contributed by atoms with Crippen LogP contribution in [0.15, 0.2) is 82.0 Å². The van der Waals surface area contributed by atoms with Gasteiger partial charge in [0.15, 0.2) is 5.43 Å². The van der Waals surface area contributed by atoms with Crippen molar-refractivity contribution in [2.75, 3.05) is 57.5 Å². The number of hydrogen-bond acceptors (Lipinski definition) is 8. The van der Waals surface area contributed by atoms with E-state index in [1.165, 1.54) is 0 Å². The van der Waals surface area contributed by atoms with Crippen molar-refractivity contribution in [3.63, 3.8) is 0 Å². The molecule has 5 rings (SSSR count). The SMILES string of the molecule is COc1ccccc1N1CCN(CCCNC(=S)c2cccc3c(=O)c(C)c(-c4ccccc4)oc23)CC1.CS(=O)(=O)O. The van der Waals surface area contributed by atoms with E-state index in [0.717, 1.165) is 68.3 Å². The number of thiocarbonyl (C=S) groups is 1. The van der Waals surface area contributed by atoms with Gasteiger partial charge in [0.25, 0.3) is 10.1 Å². The first-order valence-corrected chi connectivity index (χ1v) is 16.2. The zero-order chi connectivity index (χ0) is 31.0. The first kappa shape index (κ1) is 32.2. The van der Waals surface area contributed by atoms with Gasteiger partial charge in [0, 0.05) is 43.9 Å². The van der Waals surface area contributed by atoms with E-state index in [4.69, 9.17) is 25.9 Å². The van der Waals surface area contributed by atoms with Crippen molar-refractivity contribution in [1.82, 2.24) is 10.2 Å². The van der Waals surface area contributed by atoms with Crippen molar-refractivity contribution in [2.45, 2.75) is 13.3 Å². The van der Waals surface area contributed by atoms with Crippen LogP contribution >= 0.6 is 12.2 Å². The highest BCUT2D eigenvalue weighted by molar-refractivity contribution is 7.85. The molecule has 228 valence electrons. The Balaban J connectivity index is 0.000000782. The predicted octanol–water partition coefficient (Wildman–Crippen LogP) is 4.76. The molecular weight excluding hydrogens is 587 g/mol. The van der Waals surface area contributed by atoms with Crippen LogP contribution in [-0.2, 0) is 10.1 Å². The molecule has 2 heterocycles. The molecule has 0 aliphatic carbocycles. The summed E-state index contributed by atoms with van der Waals surface area (Å²) in [4.78, 5) is 18.6. The third kappa shape index (κ3) is 8.64. The van der Waals surface area contributed by atoms with E-state index in [-0.39, 0.29) is 5.43 Å². The van der Waals surface area contributed by atoms with Gasteiger partial charge >= 0.3 is 0 Å². The maximum absolute atomic E-state index is 13.1. The Kier molecular flexibility index (Phi) is 10.9. The predicted molar refractivity (Wildman–Crippen MR) is 176 cm³/mol. The highest BCUT2D eigenvalue weighted by Crippen LogP contribution is 2.29. The molecule has 0 atom stereocenters. The topological polar surface area (TPSA) is 112 Å². The fourth-order valence-corrected chi connectivity index (χ4v) is 5.32. The molecule has 11 heteroatoms. The van der Waals surface area contributed by atoms with Crippen LogP contribution in [0.4, 0.5) is 5.69 Å². The molecule has 1 aliphatic rings. The summed E-state index contributed by atoms with van der Waals surface area (Å²) in [6.07, 6.45) is 1.69. The molecule has 0 saturated carbocycles. The lowest BCUT2D eigenvalue weighted by Gasteiger charge is -2.36. The van der Waals surface area contributed by atoms with E-state index < -0.39 is 10.1 Å². The number of rotatable bonds is 8. The van der Waals surface area contributed by atoms with Gasteiger partial charge in [-0.2, -0.15) is 8.42 Å². The molecule has 3 aromatic carbocycles. The van der Waals surface area contributed by atoms with Crippen molar-refractivity contribution < 1.29 is 22.1 Å². The molecule has 1 saturated heterocycles. The highest BCUT2D eigenvalue weighted by Gasteiger charge is 2.20. The minimum absolute atomic E-state index is 0.0259. The average Bonchev–Trinajstić information content (AvgIpc) is 3.00. The number of piperazine rings is 1. The fraction of sp³-hybridized carbons (Fsp3) is 0.312. The van der Waals surface area contributed by atoms with Crippen molar-refractivity contribution in [1.29, 1.82) is 0 Å². The van der Waals surface area contributed by atoms with Crippen LogP contribution in [0.25, 0.3) is 22.3 Å². The average molecular weight is 624 g/mol. The van der Waals surface area contributed by atoms with E-state index in [1.54, 1.807) is 13.2 Å².